The Labute approximate surface area is 161 Å². The third kappa shape index (κ3) is 8.23. The monoisotopic (exact) mass is 382 g/mol. The molecule has 2 heterocycles. The quantitative estimate of drug-likeness (QED) is 0.313. The van der Waals surface area contributed by atoms with Gasteiger partial charge < -0.3 is 29.4 Å². The van der Waals surface area contributed by atoms with Crippen LogP contribution in [0.5, 0.6) is 0 Å². The Bertz CT molecular complexity index is 557. The summed E-state index contributed by atoms with van der Waals surface area (Å²) in [4.78, 5) is 4.63. The third-order valence-electron chi connectivity index (χ3n) is 4.38. The first-order valence-corrected chi connectivity index (χ1v) is 9.84. The standard InChI is InChI=1S/C18H34N6O3/c1-4-25-10-5-8-19-18(21-13-17-23-22-15(2)24(17)3)20-9-6-11-27-16-7-12-26-14-16/h16H,4-14H2,1-3H3,(H2,19,20,21). The molecule has 154 valence electrons. The molecule has 0 radical (unpaired) electrons. The van der Waals surface area contributed by atoms with Gasteiger partial charge in [0.25, 0.3) is 0 Å². The van der Waals surface area contributed by atoms with Gasteiger partial charge in [0.05, 0.1) is 12.7 Å². The molecular formula is C18H34N6O3. The summed E-state index contributed by atoms with van der Waals surface area (Å²) in [6.45, 7) is 9.77. The highest BCUT2D eigenvalue weighted by molar-refractivity contribution is 5.79. The maximum atomic E-state index is 5.79. The zero-order chi connectivity index (χ0) is 19.3. The van der Waals surface area contributed by atoms with E-state index in [0.717, 1.165) is 83.0 Å². The zero-order valence-electron chi connectivity index (χ0n) is 16.9. The molecule has 0 bridgehead atoms. The average Bonchev–Trinajstić information content (AvgIpc) is 3.29. The van der Waals surface area contributed by atoms with Crippen molar-refractivity contribution in [2.24, 2.45) is 12.0 Å². The lowest BCUT2D eigenvalue weighted by Gasteiger charge is -2.14. The van der Waals surface area contributed by atoms with Crippen molar-refractivity contribution in [1.82, 2.24) is 25.4 Å². The first-order chi connectivity index (χ1) is 13.2. The number of hydrogen-bond donors (Lipinski definition) is 2. The topological polar surface area (TPSA) is 94.8 Å². The van der Waals surface area contributed by atoms with Crippen LogP contribution in [-0.2, 0) is 27.8 Å². The van der Waals surface area contributed by atoms with E-state index in [0.29, 0.717) is 6.54 Å². The molecule has 1 aromatic rings. The molecule has 1 fully saturated rings. The summed E-state index contributed by atoms with van der Waals surface area (Å²) in [6, 6.07) is 0. The second-order valence-electron chi connectivity index (χ2n) is 6.50. The molecule has 0 amide bonds. The Kier molecular flexibility index (Phi) is 10.1. The lowest BCUT2D eigenvalue weighted by atomic mass is 10.3. The van der Waals surface area contributed by atoms with Crippen molar-refractivity contribution in [2.45, 2.75) is 45.8 Å². The SMILES string of the molecule is CCOCCCNC(=NCc1nnc(C)n1C)NCCCOC1CCOC1. The number of aromatic nitrogens is 3. The number of nitrogens with one attached hydrogen (secondary N) is 2. The predicted octanol–water partition coefficient (Wildman–Crippen LogP) is 0.781. The third-order valence-corrected chi connectivity index (χ3v) is 4.38. The van der Waals surface area contributed by atoms with E-state index < -0.39 is 0 Å². The molecule has 2 rings (SSSR count). The molecule has 1 atom stereocenters. The van der Waals surface area contributed by atoms with Gasteiger partial charge in [0.15, 0.2) is 11.8 Å². The molecule has 0 aliphatic carbocycles. The van der Waals surface area contributed by atoms with E-state index in [1.807, 2.05) is 25.5 Å². The van der Waals surface area contributed by atoms with Gasteiger partial charge in [-0.3, -0.25) is 0 Å². The lowest BCUT2D eigenvalue weighted by molar-refractivity contribution is 0.0420. The Hall–Kier alpha value is -1.71. The lowest BCUT2D eigenvalue weighted by Crippen LogP contribution is -2.39. The smallest absolute Gasteiger partial charge is 0.191 e. The van der Waals surface area contributed by atoms with Crippen molar-refractivity contribution in [3.63, 3.8) is 0 Å². The van der Waals surface area contributed by atoms with Crippen LogP contribution in [-0.4, -0.2) is 73.0 Å². The summed E-state index contributed by atoms with van der Waals surface area (Å²) in [7, 11) is 1.95. The van der Waals surface area contributed by atoms with E-state index in [1.165, 1.54) is 0 Å². The second-order valence-corrected chi connectivity index (χ2v) is 6.50. The van der Waals surface area contributed by atoms with Gasteiger partial charge in [-0.05, 0) is 33.1 Å². The number of guanidine groups is 1. The van der Waals surface area contributed by atoms with Crippen molar-refractivity contribution in [3.8, 4) is 0 Å². The number of nitrogens with zero attached hydrogens (tertiary/aromatic N) is 4. The molecule has 1 aliphatic rings. The first kappa shape index (κ1) is 21.6. The van der Waals surface area contributed by atoms with Crippen LogP contribution in [0.15, 0.2) is 4.99 Å². The van der Waals surface area contributed by atoms with Crippen LogP contribution in [0.1, 0.15) is 37.8 Å². The molecule has 9 heteroatoms. The molecule has 2 N–H and O–H groups in total. The minimum absolute atomic E-state index is 0.258. The first-order valence-electron chi connectivity index (χ1n) is 9.84. The highest BCUT2D eigenvalue weighted by Gasteiger charge is 2.15. The number of aliphatic imine (C=N–C) groups is 1. The Morgan fingerprint density at radius 1 is 1.26 bits per heavy atom. The maximum absolute atomic E-state index is 5.79. The van der Waals surface area contributed by atoms with E-state index in [-0.39, 0.29) is 6.10 Å². The van der Waals surface area contributed by atoms with Crippen molar-refractivity contribution >= 4 is 5.96 Å². The molecule has 1 aliphatic heterocycles. The Morgan fingerprint density at radius 3 is 2.67 bits per heavy atom. The fourth-order valence-corrected chi connectivity index (χ4v) is 2.61. The van der Waals surface area contributed by atoms with Gasteiger partial charge in [0, 0.05) is 46.6 Å². The highest BCUT2D eigenvalue weighted by atomic mass is 16.5. The van der Waals surface area contributed by atoms with Crippen LogP contribution in [0.3, 0.4) is 0 Å². The molecule has 9 nitrogen and oxygen atoms in total. The summed E-state index contributed by atoms with van der Waals surface area (Å²) < 4.78 is 18.4. The summed E-state index contributed by atoms with van der Waals surface area (Å²) >= 11 is 0. The second kappa shape index (κ2) is 12.6. The molecule has 1 unspecified atom stereocenters. The molecule has 1 aromatic heterocycles. The largest absolute Gasteiger partial charge is 0.382 e. The van der Waals surface area contributed by atoms with Crippen LogP contribution in [0.25, 0.3) is 0 Å². The van der Waals surface area contributed by atoms with Crippen LogP contribution in [0.2, 0.25) is 0 Å². The fourth-order valence-electron chi connectivity index (χ4n) is 2.61. The van der Waals surface area contributed by atoms with Crippen molar-refractivity contribution in [2.75, 3.05) is 46.1 Å². The maximum Gasteiger partial charge on any atom is 0.191 e. The molecule has 0 aromatic carbocycles. The summed E-state index contributed by atoms with van der Waals surface area (Å²) in [6.07, 6.45) is 3.11. The van der Waals surface area contributed by atoms with Crippen molar-refractivity contribution in [1.29, 1.82) is 0 Å². The normalized spacial score (nSPS) is 17.4. The van der Waals surface area contributed by atoms with Gasteiger partial charge in [-0.1, -0.05) is 0 Å². The highest BCUT2D eigenvalue weighted by Crippen LogP contribution is 2.07. The number of hydrogen-bond acceptors (Lipinski definition) is 6. The molecule has 0 spiro atoms. The van der Waals surface area contributed by atoms with Gasteiger partial charge in [-0.25, -0.2) is 4.99 Å². The van der Waals surface area contributed by atoms with E-state index >= 15 is 0 Å². The van der Waals surface area contributed by atoms with Gasteiger partial charge in [0.1, 0.15) is 12.4 Å². The van der Waals surface area contributed by atoms with Gasteiger partial charge in [-0.15, -0.1) is 10.2 Å². The van der Waals surface area contributed by atoms with E-state index in [9.17, 15) is 0 Å². The van der Waals surface area contributed by atoms with Gasteiger partial charge >= 0.3 is 0 Å². The minimum Gasteiger partial charge on any atom is -0.382 e. The molecule has 1 saturated heterocycles. The number of ether oxygens (including phenoxy) is 3. The minimum atomic E-state index is 0.258. The molecule has 27 heavy (non-hydrogen) atoms. The summed E-state index contributed by atoms with van der Waals surface area (Å²) in [5.41, 5.74) is 0. The molecule has 0 saturated carbocycles. The Balaban J connectivity index is 1.73. The van der Waals surface area contributed by atoms with Gasteiger partial charge in [0.2, 0.25) is 0 Å². The van der Waals surface area contributed by atoms with Crippen molar-refractivity contribution in [3.05, 3.63) is 11.6 Å². The van der Waals surface area contributed by atoms with E-state index in [1.54, 1.807) is 0 Å². The van der Waals surface area contributed by atoms with Crippen molar-refractivity contribution < 1.29 is 14.2 Å². The average molecular weight is 383 g/mol. The van der Waals surface area contributed by atoms with Gasteiger partial charge in [-0.2, -0.15) is 0 Å². The van der Waals surface area contributed by atoms with E-state index in [2.05, 4.69) is 25.8 Å². The predicted molar refractivity (Wildman–Crippen MR) is 104 cm³/mol. The number of rotatable bonds is 12. The fraction of sp³-hybridized carbons (Fsp3) is 0.833. The van der Waals surface area contributed by atoms with Crippen LogP contribution >= 0.6 is 0 Å². The zero-order valence-corrected chi connectivity index (χ0v) is 16.9. The summed E-state index contributed by atoms with van der Waals surface area (Å²) in [5.74, 6) is 2.50. The number of aryl methyl sites for hydroxylation is 1. The summed E-state index contributed by atoms with van der Waals surface area (Å²) in [5, 5.41) is 14.9. The van der Waals surface area contributed by atoms with Crippen LogP contribution in [0.4, 0.5) is 0 Å². The Morgan fingerprint density at radius 2 is 2.04 bits per heavy atom. The molecular weight excluding hydrogens is 348 g/mol. The van der Waals surface area contributed by atoms with E-state index in [4.69, 9.17) is 14.2 Å². The van der Waals surface area contributed by atoms with Crippen LogP contribution in [0, 0.1) is 6.92 Å². The van der Waals surface area contributed by atoms with Crippen LogP contribution < -0.4 is 10.6 Å².